The number of pyridine rings is 1. The highest BCUT2D eigenvalue weighted by Gasteiger charge is 2.25. The number of methoxy groups -OCH3 is 1. The van der Waals surface area contributed by atoms with E-state index in [1.54, 1.807) is 13.3 Å². The van der Waals surface area contributed by atoms with E-state index in [4.69, 9.17) is 19.5 Å². The number of benzene rings is 2. The quantitative estimate of drug-likeness (QED) is 0.0709. The van der Waals surface area contributed by atoms with Crippen LogP contribution in [0.25, 0.3) is 10.9 Å². The number of piperidine rings is 1. The van der Waals surface area contributed by atoms with Gasteiger partial charge in [-0.05, 0) is 75.3 Å². The van der Waals surface area contributed by atoms with Gasteiger partial charge < -0.3 is 35.1 Å². The van der Waals surface area contributed by atoms with Crippen molar-refractivity contribution in [3.63, 3.8) is 0 Å². The van der Waals surface area contributed by atoms with Crippen LogP contribution < -0.4 is 25.6 Å². The summed E-state index contributed by atoms with van der Waals surface area (Å²) in [4.78, 5) is 24.1. The number of fused-ring (bicyclic) bond motifs is 1. The van der Waals surface area contributed by atoms with Gasteiger partial charge in [-0.15, -0.1) is 0 Å². The maximum absolute atomic E-state index is 9.22. The highest BCUT2D eigenvalue weighted by molar-refractivity contribution is 9.10. The minimum Gasteiger partial charge on any atom is -0.494 e. The summed E-state index contributed by atoms with van der Waals surface area (Å²) in [5, 5.41) is 22.8. The van der Waals surface area contributed by atoms with Gasteiger partial charge in [0.1, 0.15) is 18.2 Å². The molecule has 0 saturated carbocycles. The van der Waals surface area contributed by atoms with Gasteiger partial charge in [-0.25, -0.2) is 4.98 Å². The van der Waals surface area contributed by atoms with E-state index < -0.39 is 7.92 Å². The third-order valence-electron chi connectivity index (χ3n) is 8.07. The van der Waals surface area contributed by atoms with Crippen molar-refractivity contribution in [3.05, 3.63) is 58.8 Å². The summed E-state index contributed by atoms with van der Waals surface area (Å²) in [6.07, 6.45) is 5.71. The Morgan fingerprint density at radius 1 is 1.11 bits per heavy atom. The number of anilines is 5. The summed E-state index contributed by atoms with van der Waals surface area (Å²) >= 11 is 3.63. The first kappa shape index (κ1) is 33.8. The molecule has 0 aliphatic carbocycles. The van der Waals surface area contributed by atoms with Crippen molar-refractivity contribution in [1.29, 1.82) is 0 Å². The van der Waals surface area contributed by atoms with Gasteiger partial charge in [0.15, 0.2) is 0 Å². The molecule has 0 radical (unpaired) electrons. The first-order chi connectivity index (χ1) is 22.2. The molecule has 1 fully saturated rings. The average molecular weight is 710 g/mol. The molecule has 2 aromatic heterocycles. The third kappa shape index (κ3) is 7.69. The molecule has 1 aliphatic heterocycles. The SMILES string of the molecule is COc1cc(N2CCC(N(C)C)CC2)c(/C(C)=N/OCCO)cc1Nc1ncc(Br)c(Nc2cnc3ccccc3c2P(C)C)n1. The van der Waals surface area contributed by atoms with E-state index in [0.29, 0.717) is 35.0 Å². The first-order valence-corrected chi connectivity index (χ1v) is 18.3. The normalized spacial score (nSPS) is 14.3. The van der Waals surface area contributed by atoms with Crippen LogP contribution in [-0.4, -0.2) is 97.5 Å². The zero-order valence-electron chi connectivity index (χ0n) is 27.2. The van der Waals surface area contributed by atoms with Crippen molar-refractivity contribution < 1.29 is 14.7 Å². The predicted octanol–water partition coefficient (Wildman–Crippen LogP) is 5.91. The first-order valence-electron chi connectivity index (χ1n) is 15.2. The third-order valence-corrected chi connectivity index (χ3v) is 10.0. The number of aliphatic hydroxyl groups is 1. The molecule has 1 aliphatic rings. The van der Waals surface area contributed by atoms with Crippen molar-refractivity contribution in [2.24, 2.45) is 5.16 Å². The van der Waals surface area contributed by atoms with Crippen molar-refractivity contribution in [2.75, 3.05) is 76.4 Å². The Labute approximate surface area is 280 Å². The topological polar surface area (TPSA) is 120 Å². The van der Waals surface area contributed by atoms with Crippen molar-refractivity contribution >= 4 is 74.6 Å². The zero-order valence-corrected chi connectivity index (χ0v) is 29.7. The number of ether oxygens (including phenoxy) is 1. The lowest BCUT2D eigenvalue weighted by atomic mass is 10.00. The number of nitrogens with one attached hydrogen (secondary N) is 2. The number of para-hydroxylation sites is 1. The van der Waals surface area contributed by atoms with Crippen LogP contribution in [0.2, 0.25) is 0 Å². The van der Waals surface area contributed by atoms with Gasteiger partial charge in [0.05, 0.1) is 47.0 Å². The van der Waals surface area contributed by atoms with Crippen LogP contribution in [-0.2, 0) is 4.84 Å². The van der Waals surface area contributed by atoms with Gasteiger partial charge in [0, 0.05) is 53.3 Å². The summed E-state index contributed by atoms with van der Waals surface area (Å²) in [5.41, 5.74) is 5.17. The molecular weight excluding hydrogens is 667 g/mol. The Hall–Kier alpha value is -3.57. The van der Waals surface area contributed by atoms with Crippen molar-refractivity contribution in [2.45, 2.75) is 25.8 Å². The van der Waals surface area contributed by atoms with E-state index in [0.717, 1.165) is 58.2 Å². The maximum atomic E-state index is 9.22. The van der Waals surface area contributed by atoms with E-state index in [1.807, 2.05) is 43.5 Å². The molecule has 4 aromatic rings. The highest BCUT2D eigenvalue weighted by atomic mass is 79.9. The molecule has 2 aromatic carbocycles. The molecule has 3 N–H and O–H groups in total. The number of nitrogens with zero attached hydrogens (tertiary/aromatic N) is 6. The smallest absolute Gasteiger partial charge is 0.229 e. The molecule has 0 amide bonds. The van der Waals surface area contributed by atoms with Crippen molar-refractivity contribution in [1.82, 2.24) is 19.9 Å². The Balaban J connectivity index is 1.49. The number of rotatable bonds is 12. The second-order valence-electron chi connectivity index (χ2n) is 11.6. The number of aromatic nitrogens is 3. The molecule has 3 heterocycles. The fourth-order valence-electron chi connectivity index (χ4n) is 5.71. The Kier molecular flexibility index (Phi) is 11.3. The van der Waals surface area contributed by atoms with Crippen LogP contribution >= 0.6 is 23.9 Å². The summed E-state index contributed by atoms with van der Waals surface area (Å²) in [6, 6.07) is 12.8. The maximum Gasteiger partial charge on any atom is 0.229 e. The lowest BCUT2D eigenvalue weighted by molar-refractivity contribution is 0.0986. The minimum atomic E-state index is -0.442. The van der Waals surface area contributed by atoms with Crippen molar-refractivity contribution in [3.8, 4) is 5.75 Å². The van der Waals surface area contributed by atoms with Gasteiger partial charge in [0.2, 0.25) is 5.95 Å². The van der Waals surface area contributed by atoms with Gasteiger partial charge in [-0.2, -0.15) is 4.98 Å². The zero-order chi connectivity index (χ0) is 32.8. The number of halogens is 1. The largest absolute Gasteiger partial charge is 0.494 e. The second kappa shape index (κ2) is 15.3. The number of hydrogen-bond acceptors (Lipinski definition) is 11. The summed E-state index contributed by atoms with van der Waals surface area (Å²) < 4.78 is 6.61. The molecule has 1 saturated heterocycles. The molecule has 0 bridgehead atoms. The fraction of sp³-hybridized carbons (Fsp3) is 0.394. The van der Waals surface area contributed by atoms with Crippen LogP contribution in [0.1, 0.15) is 25.3 Å². The van der Waals surface area contributed by atoms with Crippen LogP contribution in [0.5, 0.6) is 5.75 Å². The van der Waals surface area contributed by atoms with E-state index in [1.165, 1.54) is 5.30 Å². The molecular formula is C33H42BrN8O3P. The molecule has 13 heteroatoms. The van der Waals surface area contributed by atoms with Crippen LogP contribution in [0, 0.1) is 0 Å². The number of hydrogen-bond donors (Lipinski definition) is 3. The van der Waals surface area contributed by atoms with Gasteiger partial charge in [-0.1, -0.05) is 31.3 Å². The molecule has 46 heavy (non-hydrogen) atoms. The van der Waals surface area contributed by atoms with Gasteiger partial charge in [0.25, 0.3) is 0 Å². The Morgan fingerprint density at radius 3 is 2.57 bits per heavy atom. The Morgan fingerprint density at radius 2 is 1.87 bits per heavy atom. The van der Waals surface area contributed by atoms with Gasteiger partial charge in [-0.3, -0.25) is 4.98 Å². The second-order valence-corrected chi connectivity index (χ2v) is 14.6. The monoisotopic (exact) mass is 708 g/mol. The highest BCUT2D eigenvalue weighted by Crippen LogP contribution is 2.38. The summed E-state index contributed by atoms with van der Waals surface area (Å²) in [7, 11) is 5.49. The van der Waals surface area contributed by atoms with Crippen LogP contribution in [0.4, 0.5) is 28.8 Å². The van der Waals surface area contributed by atoms with Crippen LogP contribution in [0.15, 0.2) is 58.4 Å². The van der Waals surface area contributed by atoms with E-state index in [2.05, 4.69) is 80.0 Å². The van der Waals surface area contributed by atoms with E-state index in [-0.39, 0.29) is 13.2 Å². The fourth-order valence-corrected chi connectivity index (χ4v) is 7.26. The molecule has 0 spiro atoms. The lowest BCUT2D eigenvalue weighted by Crippen LogP contribution is -2.42. The van der Waals surface area contributed by atoms with E-state index >= 15 is 0 Å². The molecule has 0 atom stereocenters. The standard InChI is InChI=1S/C33H42BrN8O3P/c1-21(40-45-16-15-43)24-17-27(30(44-4)18-29(24)42-13-11-22(12-14-42)41(2)3)38-33-36-19-25(34)32(39-33)37-28-20-35-26-10-8-7-9-23(26)31(28)46(5)6/h7-10,17-20,22,43H,11-16H2,1-6H3,(H2,36,37,38,39)/b40-21+. The number of oxime groups is 1. The molecule has 0 unspecified atom stereocenters. The van der Waals surface area contributed by atoms with E-state index in [9.17, 15) is 5.11 Å². The summed E-state index contributed by atoms with van der Waals surface area (Å²) in [5.74, 6) is 1.66. The molecule has 11 nitrogen and oxygen atoms in total. The average Bonchev–Trinajstić information content (AvgIpc) is 3.05. The number of aliphatic hydroxyl groups excluding tert-OH is 1. The lowest BCUT2D eigenvalue weighted by Gasteiger charge is -2.37. The predicted molar refractivity (Wildman–Crippen MR) is 194 cm³/mol. The Bertz CT molecular complexity index is 1700. The summed E-state index contributed by atoms with van der Waals surface area (Å²) in [6.45, 7) is 8.21. The minimum absolute atomic E-state index is 0.108. The molecule has 244 valence electrons. The van der Waals surface area contributed by atoms with Crippen LogP contribution in [0.3, 0.4) is 0 Å². The molecule has 5 rings (SSSR count). The van der Waals surface area contributed by atoms with Gasteiger partial charge >= 0.3 is 0 Å².